The molecule has 7 heteroatoms. The second kappa shape index (κ2) is 6.66. The molecule has 23 heavy (non-hydrogen) atoms. The van der Waals surface area contributed by atoms with Crippen LogP contribution in [0.1, 0.15) is 11.8 Å². The molecule has 2 saturated heterocycles. The summed E-state index contributed by atoms with van der Waals surface area (Å²) < 4.78 is 16.0. The summed E-state index contributed by atoms with van der Waals surface area (Å²) >= 11 is 0. The molecule has 2 aliphatic heterocycles. The van der Waals surface area contributed by atoms with Crippen molar-refractivity contribution in [3.8, 4) is 0 Å². The van der Waals surface area contributed by atoms with E-state index < -0.39 is 18.6 Å². The molecule has 0 aliphatic carbocycles. The normalized spacial score (nSPS) is 24.5. The zero-order valence-corrected chi connectivity index (χ0v) is 13.2. The van der Waals surface area contributed by atoms with Gasteiger partial charge in [0, 0.05) is 19.8 Å². The average Bonchev–Trinajstić information content (AvgIpc) is 3.03. The van der Waals surface area contributed by atoms with Crippen LogP contribution in [0, 0.1) is 0 Å². The molecular weight excluding hydrogens is 300 g/mol. The highest BCUT2D eigenvalue weighted by molar-refractivity contribution is 5.95. The van der Waals surface area contributed by atoms with Crippen LogP contribution in [0.15, 0.2) is 30.3 Å². The van der Waals surface area contributed by atoms with E-state index in [1.165, 1.54) is 19.1 Å². The van der Waals surface area contributed by atoms with Crippen molar-refractivity contribution < 1.29 is 23.8 Å². The Kier molecular flexibility index (Phi) is 4.61. The Balaban J connectivity index is 1.77. The van der Waals surface area contributed by atoms with Crippen molar-refractivity contribution in [2.24, 2.45) is 0 Å². The Bertz CT molecular complexity index is 575. The predicted molar refractivity (Wildman–Crippen MR) is 80.2 cm³/mol. The van der Waals surface area contributed by atoms with Crippen molar-refractivity contribution in [3.05, 3.63) is 35.9 Å². The lowest BCUT2D eigenvalue weighted by atomic mass is 10.1. The maximum absolute atomic E-state index is 12.6. The van der Waals surface area contributed by atoms with Crippen LogP contribution in [0.3, 0.4) is 0 Å². The first-order chi connectivity index (χ1) is 11.2. The molecule has 2 atom stereocenters. The van der Waals surface area contributed by atoms with Crippen LogP contribution in [0.4, 0.5) is 0 Å². The van der Waals surface area contributed by atoms with Crippen molar-refractivity contribution in [2.45, 2.75) is 18.6 Å². The summed E-state index contributed by atoms with van der Waals surface area (Å²) in [4.78, 5) is 28.2. The molecule has 0 saturated carbocycles. The van der Waals surface area contributed by atoms with Crippen molar-refractivity contribution in [1.82, 2.24) is 9.80 Å². The molecule has 0 spiro atoms. The standard InChI is InChI=1S/C16H20N2O5/c1-21-14(22-2)9-17-8-13(19)18-12(15(17)20)10-23-16(18)11-6-4-3-5-7-11/h3-7,12,14,16H,8-10H2,1-2H3/t12-,16-/m1/s1. The average molecular weight is 320 g/mol. The minimum atomic E-state index is -0.587. The van der Waals surface area contributed by atoms with Crippen LogP contribution >= 0.6 is 0 Å². The number of nitrogens with zero attached hydrogens (tertiary/aromatic N) is 2. The molecule has 2 amide bonds. The number of ether oxygens (including phenoxy) is 3. The second-order valence-electron chi connectivity index (χ2n) is 5.53. The highest BCUT2D eigenvalue weighted by Gasteiger charge is 2.48. The van der Waals surface area contributed by atoms with Crippen LogP contribution in [-0.4, -0.2) is 67.9 Å². The van der Waals surface area contributed by atoms with E-state index in [-0.39, 0.29) is 31.5 Å². The lowest BCUT2D eigenvalue weighted by Crippen LogP contribution is -2.59. The van der Waals surface area contributed by atoms with E-state index in [9.17, 15) is 9.59 Å². The van der Waals surface area contributed by atoms with Crippen LogP contribution in [-0.2, 0) is 23.8 Å². The molecule has 0 radical (unpaired) electrons. The molecule has 1 aromatic rings. The van der Waals surface area contributed by atoms with Crippen molar-refractivity contribution >= 4 is 11.8 Å². The zero-order chi connectivity index (χ0) is 16.4. The Labute approximate surface area is 134 Å². The second-order valence-corrected chi connectivity index (χ2v) is 5.53. The van der Waals surface area contributed by atoms with E-state index in [2.05, 4.69) is 0 Å². The Hall–Kier alpha value is -1.96. The minimum Gasteiger partial charge on any atom is -0.354 e. The monoisotopic (exact) mass is 320 g/mol. The van der Waals surface area contributed by atoms with E-state index in [0.717, 1.165) is 5.56 Å². The third kappa shape index (κ3) is 2.95. The zero-order valence-electron chi connectivity index (χ0n) is 13.2. The van der Waals surface area contributed by atoms with Gasteiger partial charge in [-0.15, -0.1) is 0 Å². The number of piperazine rings is 1. The number of carbonyl (C=O) groups excluding carboxylic acids is 2. The third-order valence-corrected chi connectivity index (χ3v) is 4.19. The van der Waals surface area contributed by atoms with E-state index >= 15 is 0 Å². The summed E-state index contributed by atoms with van der Waals surface area (Å²) in [5, 5.41) is 0. The van der Waals surface area contributed by atoms with Crippen LogP contribution in [0.25, 0.3) is 0 Å². The molecule has 0 aromatic heterocycles. The first kappa shape index (κ1) is 15.9. The number of hydrogen-bond donors (Lipinski definition) is 0. The van der Waals surface area contributed by atoms with Gasteiger partial charge in [-0.3, -0.25) is 14.5 Å². The summed E-state index contributed by atoms with van der Waals surface area (Å²) in [6.45, 7) is 0.425. The number of fused-ring (bicyclic) bond motifs is 1. The minimum absolute atomic E-state index is 0.00521. The van der Waals surface area contributed by atoms with Crippen LogP contribution < -0.4 is 0 Å². The molecule has 0 bridgehead atoms. The number of carbonyl (C=O) groups is 2. The Morgan fingerprint density at radius 2 is 1.91 bits per heavy atom. The Morgan fingerprint density at radius 3 is 2.57 bits per heavy atom. The van der Waals surface area contributed by atoms with Gasteiger partial charge in [0.05, 0.1) is 13.2 Å². The molecule has 1 aromatic carbocycles. The van der Waals surface area contributed by atoms with Gasteiger partial charge >= 0.3 is 0 Å². The van der Waals surface area contributed by atoms with Crippen LogP contribution in [0.2, 0.25) is 0 Å². The van der Waals surface area contributed by atoms with Gasteiger partial charge in [0.15, 0.2) is 12.5 Å². The van der Waals surface area contributed by atoms with Crippen LogP contribution in [0.5, 0.6) is 0 Å². The lowest BCUT2D eigenvalue weighted by Gasteiger charge is -2.38. The maximum atomic E-state index is 12.6. The summed E-state index contributed by atoms with van der Waals surface area (Å²) in [6, 6.07) is 8.87. The molecule has 7 nitrogen and oxygen atoms in total. The van der Waals surface area contributed by atoms with Crippen molar-refractivity contribution in [2.75, 3.05) is 33.9 Å². The third-order valence-electron chi connectivity index (χ3n) is 4.19. The Morgan fingerprint density at radius 1 is 1.22 bits per heavy atom. The summed E-state index contributed by atoms with van der Waals surface area (Å²) in [7, 11) is 3.00. The van der Waals surface area contributed by atoms with Gasteiger partial charge in [0.25, 0.3) is 0 Å². The van der Waals surface area contributed by atoms with Gasteiger partial charge in [0.1, 0.15) is 12.6 Å². The van der Waals surface area contributed by atoms with Gasteiger partial charge in [-0.2, -0.15) is 0 Å². The number of amides is 2. The van der Waals surface area contributed by atoms with E-state index in [4.69, 9.17) is 14.2 Å². The van der Waals surface area contributed by atoms with Gasteiger partial charge in [-0.05, 0) is 0 Å². The molecule has 3 rings (SSSR count). The number of methoxy groups -OCH3 is 2. The molecule has 0 N–H and O–H groups in total. The van der Waals surface area contributed by atoms with Crippen molar-refractivity contribution in [3.63, 3.8) is 0 Å². The summed E-state index contributed by atoms with van der Waals surface area (Å²) in [5.41, 5.74) is 0.872. The topological polar surface area (TPSA) is 68.3 Å². The van der Waals surface area contributed by atoms with E-state index in [1.54, 1.807) is 4.90 Å². The SMILES string of the molecule is COC(CN1CC(=O)N2[C@H](CO[C@@H]2c2ccccc2)C1=O)OC. The number of rotatable bonds is 5. The fourth-order valence-corrected chi connectivity index (χ4v) is 2.99. The fourth-order valence-electron chi connectivity index (χ4n) is 2.99. The van der Waals surface area contributed by atoms with Gasteiger partial charge in [-0.1, -0.05) is 30.3 Å². The summed E-state index contributed by atoms with van der Waals surface area (Å²) in [6.07, 6.45) is -1.05. The predicted octanol–water partition coefficient (Wildman–Crippen LogP) is 0.374. The largest absolute Gasteiger partial charge is 0.354 e. The van der Waals surface area contributed by atoms with E-state index in [0.29, 0.717) is 0 Å². The highest BCUT2D eigenvalue weighted by Crippen LogP contribution is 2.33. The highest BCUT2D eigenvalue weighted by atomic mass is 16.7. The smallest absolute Gasteiger partial charge is 0.248 e. The van der Waals surface area contributed by atoms with Gasteiger partial charge in [-0.25, -0.2) is 0 Å². The fraction of sp³-hybridized carbons (Fsp3) is 0.500. The first-order valence-electron chi connectivity index (χ1n) is 7.47. The van der Waals surface area contributed by atoms with Crippen molar-refractivity contribution in [1.29, 1.82) is 0 Å². The maximum Gasteiger partial charge on any atom is 0.248 e. The molecule has 2 aliphatic rings. The number of hydrogen-bond acceptors (Lipinski definition) is 5. The molecule has 2 fully saturated rings. The lowest BCUT2D eigenvalue weighted by molar-refractivity contribution is -0.165. The molecule has 2 heterocycles. The number of benzene rings is 1. The van der Waals surface area contributed by atoms with Gasteiger partial charge < -0.3 is 19.1 Å². The molecule has 0 unspecified atom stereocenters. The first-order valence-corrected chi connectivity index (χ1v) is 7.47. The van der Waals surface area contributed by atoms with E-state index in [1.807, 2.05) is 30.3 Å². The molecular formula is C16H20N2O5. The molecule has 124 valence electrons. The summed E-state index contributed by atoms with van der Waals surface area (Å²) in [5.74, 6) is -0.269. The quantitative estimate of drug-likeness (QED) is 0.734. The van der Waals surface area contributed by atoms with Gasteiger partial charge in [0.2, 0.25) is 11.8 Å².